The molecule has 4 unspecified atom stereocenters. The van der Waals surface area contributed by atoms with Crippen LogP contribution in [-0.2, 0) is 42.9 Å². The number of amides is 1. The Morgan fingerprint density at radius 2 is 1.82 bits per heavy atom. The third kappa shape index (κ3) is 6.93. The van der Waals surface area contributed by atoms with Crippen molar-refractivity contribution in [2.45, 2.75) is 65.0 Å². The summed E-state index contributed by atoms with van der Waals surface area (Å²) in [5, 5.41) is 2.56. The molecule has 4 bridgehead atoms. The summed E-state index contributed by atoms with van der Waals surface area (Å²) in [7, 11) is 4.41. The Kier molecular flexibility index (Phi) is 10.0. The van der Waals surface area contributed by atoms with Crippen molar-refractivity contribution in [3.05, 3.63) is 58.7 Å². The van der Waals surface area contributed by atoms with Gasteiger partial charge in [0.25, 0.3) is 5.91 Å². The molecule has 6 atom stereocenters. The highest BCUT2D eigenvalue weighted by Gasteiger charge is 2.40. The molecule has 10 nitrogen and oxygen atoms in total. The van der Waals surface area contributed by atoms with Crippen molar-refractivity contribution in [3.63, 3.8) is 0 Å². The highest BCUT2D eigenvalue weighted by molar-refractivity contribution is 6.23. The zero-order valence-corrected chi connectivity index (χ0v) is 23.4. The van der Waals surface area contributed by atoms with E-state index in [0.29, 0.717) is 12.2 Å². The molecule has 10 heteroatoms. The third-order valence-electron chi connectivity index (χ3n) is 6.97. The van der Waals surface area contributed by atoms with Gasteiger partial charge in [-0.2, -0.15) is 0 Å². The number of hydrogen-bond acceptors (Lipinski definition) is 9. The molecule has 2 heterocycles. The highest BCUT2D eigenvalue weighted by Crippen LogP contribution is 2.35. The second-order valence-corrected chi connectivity index (χ2v) is 10.0. The van der Waals surface area contributed by atoms with Gasteiger partial charge in [0.1, 0.15) is 18.0 Å². The fraction of sp³-hybridized carbons (Fsp3) is 0.517. The molecule has 0 aromatic heterocycles. The fourth-order valence-corrected chi connectivity index (χ4v) is 4.98. The molecule has 39 heavy (non-hydrogen) atoms. The lowest BCUT2D eigenvalue weighted by molar-refractivity contribution is -0.153. The Hall–Kier alpha value is -3.50. The first-order chi connectivity index (χ1) is 18.5. The largest absolute Gasteiger partial charge is 0.492 e. The van der Waals surface area contributed by atoms with E-state index < -0.39 is 35.7 Å². The maximum atomic E-state index is 13.3. The zero-order valence-electron chi connectivity index (χ0n) is 23.4. The first kappa shape index (κ1) is 30.0. The van der Waals surface area contributed by atoms with E-state index in [1.54, 1.807) is 26.2 Å². The van der Waals surface area contributed by atoms with Crippen molar-refractivity contribution in [2.24, 2.45) is 11.8 Å². The van der Waals surface area contributed by atoms with E-state index in [1.807, 2.05) is 19.9 Å². The summed E-state index contributed by atoms with van der Waals surface area (Å²) in [6.45, 7) is 6.80. The summed E-state index contributed by atoms with van der Waals surface area (Å²) in [4.78, 5) is 50.9. The molecule has 3 aliphatic rings. The predicted octanol–water partition coefficient (Wildman–Crippen LogP) is 2.85. The lowest BCUT2D eigenvalue weighted by Gasteiger charge is -2.30. The summed E-state index contributed by atoms with van der Waals surface area (Å²) in [6, 6.07) is 0. The molecule has 1 N–H and O–H groups in total. The highest BCUT2D eigenvalue weighted by atomic mass is 16.6. The predicted molar refractivity (Wildman–Crippen MR) is 141 cm³/mol. The average Bonchev–Trinajstić information content (AvgIpc) is 3.27. The molecule has 1 amide bonds. The van der Waals surface area contributed by atoms with Crippen molar-refractivity contribution >= 4 is 23.4 Å². The van der Waals surface area contributed by atoms with Crippen LogP contribution in [0.1, 0.15) is 40.5 Å². The van der Waals surface area contributed by atoms with Gasteiger partial charge < -0.3 is 29.0 Å². The molecule has 2 aliphatic heterocycles. The Morgan fingerprint density at radius 3 is 2.44 bits per heavy atom. The number of ether oxygens (including phenoxy) is 5. The van der Waals surface area contributed by atoms with E-state index in [9.17, 15) is 19.2 Å². The maximum absolute atomic E-state index is 13.3. The van der Waals surface area contributed by atoms with Gasteiger partial charge in [-0.1, -0.05) is 32.1 Å². The lowest BCUT2D eigenvalue weighted by atomic mass is 9.86. The van der Waals surface area contributed by atoms with Gasteiger partial charge in [-0.3, -0.25) is 19.2 Å². The smallest absolute Gasteiger partial charge is 0.303 e. The van der Waals surface area contributed by atoms with Crippen LogP contribution in [0.15, 0.2) is 58.7 Å². The van der Waals surface area contributed by atoms with Crippen LogP contribution < -0.4 is 5.32 Å². The van der Waals surface area contributed by atoms with E-state index in [2.05, 4.69) is 5.32 Å². The summed E-state index contributed by atoms with van der Waals surface area (Å²) < 4.78 is 28.6. The molecular weight excluding hydrogens is 506 g/mol. The minimum Gasteiger partial charge on any atom is -0.492 e. The number of ketones is 2. The number of nitrogens with one attached hydrogen (secondary N) is 1. The number of methoxy groups -OCH3 is 3. The summed E-state index contributed by atoms with van der Waals surface area (Å²) in [5.41, 5.74) is 0.361. The van der Waals surface area contributed by atoms with E-state index in [0.717, 1.165) is 6.08 Å². The Labute approximate surface area is 228 Å². The molecule has 0 aromatic carbocycles. The number of hydrogen-bond donors (Lipinski definition) is 1. The monoisotopic (exact) mass is 543 g/mol. The van der Waals surface area contributed by atoms with Crippen LogP contribution in [0.5, 0.6) is 0 Å². The van der Waals surface area contributed by atoms with E-state index in [-0.39, 0.29) is 53.1 Å². The summed E-state index contributed by atoms with van der Waals surface area (Å²) in [5.74, 6) is -1.80. The molecule has 0 aromatic rings. The fourth-order valence-electron chi connectivity index (χ4n) is 4.98. The molecule has 0 radical (unpaired) electrons. The molecule has 0 saturated carbocycles. The lowest BCUT2D eigenvalue weighted by Crippen LogP contribution is -2.37. The second kappa shape index (κ2) is 13.0. The van der Waals surface area contributed by atoms with Crippen molar-refractivity contribution < 1.29 is 42.9 Å². The number of carbonyl (C=O) groups is 4. The molecule has 0 spiro atoms. The first-order valence-electron chi connectivity index (χ1n) is 12.9. The molecule has 212 valence electrons. The number of fused-ring (bicyclic) bond motifs is 4. The third-order valence-corrected chi connectivity index (χ3v) is 6.97. The first-order valence-corrected chi connectivity index (χ1v) is 12.9. The zero-order chi connectivity index (χ0) is 28.9. The molecule has 0 fully saturated rings. The van der Waals surface area contributed by atoms with Crippen LogP contribution in [0, 0.1) is 11.8 Å². The van der Waals surface area contributed by atoms with Gasteiger partial charge in [-0.25, -0.2) is 0 Å². The SMILES string of the molecule is COC1=C2C[C@@H](C)CC(OC)C3OC(=C[C@@H]3C)C(OC(C)=O)C(OC)/C=C\C=C(/C)C(=O)NC(=CC1=O)C2=O. The summed E-state index contributed by atoms with van der Waals surface area (Å²) in [6.07, 6.45) is 6.13. The van der Waals surface area contributed by atoms with Gasteiger partial charge in [0.05, 0.1) is 18.9 Å². The van der Waals surface area contributed by atoms with Gasteiger partial charge in [0.2, 0.25) is 11.6 Å². The van der Waals surface area contributed by atoms with E-state index in [1.165, 1.54) is 27.2 Å². The van der Waals surface area contributed by atoms with Crippen LogP contribution >= 0.6 is 0 Å². The number of Topliss-reactive ketones (excluding diaryl/α,β-unsaturated/α-hetero) is 1. The van der Waals surface area contributed by atoms with Crippen molar-refractivity contribution in [3.8, 4) is 0 Å². The maximum Gasteiger partial charge on any atom is 0.303 e. The van der Waals surface area contributed by atoms with Gasteiger partial charge >= 0.3 is 5.97 Å². The van der Waals surface area contributed by atoms with Crippen LogP contribution in [0.2, 0.25) is 0 Å². The number of allylic oxidation sites excluding steroid dienone is 4. The standard InChI is InChI=1S/C29H37NO9/c1-15-11-19-25(33)20(14-21(32)27(19)37-7)30-29(34)16(2)9-8-10-22(35-5)28(38-18(4)31)24-13-17(3)26(39-24)23(12-15)36-6/h8-10,13-15,17,22-23,26,28H,11-12H2,1-7H3,(H,30,34)/b10-8-,16-9+/t15-,17+,22?,23?,26?,28?/m1/s1. The number of rotatable bonds is 4. The van der Waals surface area contributed by atoms with Gasteiger partial charge in [-0.05, 0) is 31.8 Å². The van der Waals surface area contributed by atoms with E-state index >= 15 is 0 Å². The molecule has 3 rings (SSSR count). The normalized spacial score (nSPS) is 32.5. The van der Waals surface area contributed by atoms with Crippen LogP contribution in [-0.4, -0.2) is 69.2 Å². The number of carbonyl (C=O) groups excluding carboxylic acids is 4. The summed E-state index contributed by atoms with van der Waals surface area (Å²) >= 11 is 0. The van der Waals surface area contributed by atoms with Gasteiger partial charge in [0.15, 0.2) is 11.9 Å². The molecular formula is C29H37NO9. The molecule has 0 saturated heterocycles. The number of esters is 1. The Balaban J connectivity index is 2.06. The average molecular weight is 544 g/mol. The van der Waals surface area contributed by atoms with Gasteiger partial charge in [0, 0.05) is 44.3 Å². The quantitative estimate of drug-likeness (QED) is 0.421. The van der Waals surface area contributed by atoms with Crippen molar-refractivity contribution in [2.75, 3.05) is 21.3 Å². The van der Waals surface area contributed by atoms with Crippen LogP contribution in [0.3, 0.4) is 0 Å². The van der Waals surface area contributed by atoms with Gasteiger partial charge in [-0.15, -0.1) is 0 Å². The Morgan fingerprint density at radius 1 is 1.10 bits per heavy atom. The van der Waals surface area contributed by atoms with Crippen molar-refractivity contribution in [1.29, 1.82) is 0 Å². The molecule has 1 aliphatic carbocycles. The van der Waals surface area contributed by atoms with Crippen LogP contribution in [0.4, 0.5) is 0 Å². The second-order valence-electron chi connectivity index (χ2n) is 10.0. The van der Waals surface area contributed by atoms with Crippen LogP contribution in [0.25, 0.3) is 0 Å². The van der Waals surface area contributed by atoms with Crippen molar-refractivity contribution in [1.82, 2.24) is 5.32 Å². The minimum absolute atomic E-state index is 0.0346. The topological polar surface area (TPSA) is 126 Å². The Bertz CT molecular complexity index is 1160. The minimum atomic E-state index is -0.852. The van der Waals surface area contributed by atoms with E-state index in [4.69, 9.17) is 23.7 Å².